The largest absolute Gasteiger partial charge is 0.316 e. The average molecular weight is 273 g/mol. The molecule has 0 saturated heterocycles. The fraction of sp³-hybridized carbons (Fsp3) is 0.684. The molecule has 0 aromatic heterocycles. The number of nitrogens with one attached hydrogen (secondary N) is 1. The van der Waals surface area contributed by atoms with Gasteiger partial charge in [0, 0.05) is 0 Å². The summed E-state index contributed by atoms with van der Waals surface area (Å²) < 4.78 is 0. The van der Waals surface area contributed by atoms with Gasteiger partial charge in [-0.3, -0.25) is 0 Å². The Morgan fingerprint density at radius 2 is 1.65 bits per heavy atom. The first-order valence-corrected chi connectivity index (χ1v) is 8.38. The lowest BCUT2D eigenvalue weighted by Gasteiger charge is -2.27. The van der Waals surface area contributed by atoms with Gasteiger partial charge in [-0.05, 0) is 60.7 Å². The quantitative estimate of drug-likeness (QED) is 0.742. The third-order valence-corrected chi connectivity index (χ3v) is 4.91. The molecule has 1 heteroatoms. The molecule has 20 heavy (non-hydrogen) atoms. The first kappa shape index (κ1) is 15.6. The fourth-order valence-electron chi connectivity index (χ4n) is 2.92. The summed E-state index contributed by atoms with van der Waals surface area (Å²) in [5, 5.41) is 3.58. The Bertz CT molecular complexity index is 389. The molecular formula is C19H31N. The molecule has 1 aromatic rings. The summed E-state index contributed by atoms with van der Waals surface area (Å²) in [5.74, 6) is 2.90. The van der Waals surface area contributed by atoms with E-state index in [4.69, 9.17) is 0 Å². The van der Waals surface area contributed by atoms with Gasteiger partial charge >= 0.3 is 0 Å². The van der Waals surface area contributed by atoms with Gasteiger partial charge in [-0.15, -0.1) is 0 Å². The highest BCUT2D eigenvalue weighted by atomic mass is 14.9. The van der Waals surface area contributed by atoms with Gasteiger partial charge < -0.3 is 5.32 Å². The van der Waals surface area contributed by atoms with Crippen LogP contribution in [-0.4, -0.2) is 13.1 Å². The highest BCUT2D eigenvalue weighted by Crippen LogP contribution is 2.37. The second-order valence-corrected chi connectivity index (χ2v) is 7.11. The molecule has 0 amide bonds. The van der Waals surface area contributed by atoms with Gasteiger partial charge in [-0.25, -0.2) is 0 Å². The van der Waals surface area contributed by atoms with Crippen molar-refractivity contribution in [2.75, 3.05) is 13.1 Å². The van der Waals surface area contributed by atoms with Gasteiger partial charge in [0.1, 0.15) is 0 Å². The maximum atomic E-state index is 3.58. The monoisotopic (exact) mass is 273 g/mol. The molecule has 112 valence electrons. The third-order valence-electron chi connectivity index (χ3n) is 4.91. The Morgan fingerprint density at radius 3 is 2.15 bits per heavy atom. The van der Waals surface area contributed by atoms with E-state index in [1.165, 1.54) is 24.8 Å². The molecule has 0 aliphatic heterocycles. The van der Waals surface area contributed by atoms with E-state index >= 15 is 0 Å². The predicted molar refractivity (Wildman–Crippen MR) is 88.3 cm³/mol. The zero-order chi connectivity index (χ0) is 14.5. The number of hydrogen-bond acceptors (Lipinski definition) is 1. The summed E-state index contributed by atoms with van der Waals surface area (Å²) in [7, 11) is 0. The van der Waals surface area contributed by atoms with Crippen molar-refractivity contribution in [1.82, 2.24) is 5.32 Å². The Hall–Kier alpha value is -0.820. The molecular weight excluding hydrogens is 242 g/mol. The fourth-order valence-corrected chi connectivity index (χ4v) is 2.92. The standard InChI is InChI=1S/C19H31N/c1-14(2)12-20-13-15(3)16(4)17-8-10-19(11-9-17)18-6-5-7-18/h8-11,14-16,18,20H,5-7,12-13H2,1-4H3. The SMILES string of the molecule is CC(C)CNCC(C)C(C)c1ccc(C2CCC2)cc1. The highest BCUT2D eigenvalue weighted by Gasteiger charge is 2.20. The highest BCUT2D eigenvalue weighted by molar-refractivity contribution is 5.28. The molecule has 2 atom stereocenters. The van der Waals surface area contributed by atoms with E-state index in [1.54, 1.807) is 5.56 Å². The summed E-state index contributed by atoms with van der Waals surface area (Å²) in [6, 6.07) is 9.45. The van der Waals surface area contributed by atoms with Gasteiger partial charge in [-0.2, -0.15) is 0 Å². The van der Waals surface area contributed by atoms with Crippen molar-refractivity contribution in [3.05, 3.63) is 35.4 Å². The zero-order valence-corrected chi connectivity index (χ0v) is 13.7. The molecule has 1 N–H and O–H groups in total. The molecule has 0 heterocycles. The Kier molecular flexibility index (Phi) is 5.65. The molecule has 1 aliphatic rings. The van der Waals surface area contributed by atoms with Gasteiger partial charge in [0.25, 0.3) is 0 Å². The van der Waals surface area contributed by atoms with Crippen LogP contribution in [0, 0.1) is 11.8 Å². The number of rotatable bonds is 7. The summed E-state index contributed by atoms with van der Waals surface area (Å²) >= 11 is 0. The van der Waals surface area contributed by atoms with Crippen LogP contribution >= 0.6 is 0 Å². The maximum absolute atomic E-state index is 3.58. The van der Waals surface area contributed by atoms with E-state index in [9.17, 15) is 0 Å². The van der Waals surface area contributed by atoms with Gasteiger partial charge in [0.15, 0.2) is 0 Å². The van der Waals surface area contributed by atoms with Crippen LogP contribution in [0.2, 0.25) is 0 Å². The maximum Gasteiger partial charge on any atom is -0.00173 e. The lowest BCUT2D eigenvalue weighted by molar-refractivity contribution is 0.418. The van der Waals surface area contributed by atoms with Crippen molar-refractivity contribution in [2.45, 2.75) is 58.8 Å². The summed E-state index contributed by atoms with van der Waals surface area (Å²) in [6.45, 7) is 11.5. The van der Waals surface area contributed by atoms with Crippen LogP contribution in [0.5, 0.6) is 0 Å². The van der Waals surface area contributed by atoms with E-state index in [0.717, 1.165) is 24.9 Å². The smallest absolute Gasteiger partial charge is 0.00173 e. The van der Waals surface area contributed by atoms with Crippen molar-refractivity contribution in [2.24, 2.45) is 11.8 Å². The minimum Gasteiger partial charge on any atom is -0.316 e. The molecule has 2 rings (SSSR count). The van der Waals surface area contributed by atoms with E-state index in [1.807, 2.05) is 0 Å². The topological polar surface area (TPSA) is 12.0 Å². The van der Waals surface area contributed by atoms with Crippen LogP contribution in [0.3, 0.4) is 0 Å². The average Bonchev–Trinajstić information content (AvgIpc) is 2.36. The summed E-state index contributed by atoms with van der Waals surface area (Å²) in [5.41, 5.74) is 3.05. The minimum absolute atomic E-state index is 0.630. The second kappa shape index (κ2) is 7.26. The van der Waals surface area contributed by atoms with E-state index in [-0.39, 0.29) is 0 Å². The van der Waals surface area contributed by atoms with Crippen molar-refractivity contribution >= 4 is 0 Å². The molecule has 0 bridgehead atoms. The summed E-state index contributed by atoms with van der Waals surface area (Å²) in [6.07, 6.45) is 4.20. The molecule has 1 aromatic carbocycles. The van der Waals surface area contributed by atoms with Crippen molar-refractivity contribution in [3.8, 4) is 0 Å². The molecule has 1 aliphatic carbocycles. The Labute approximate surface area is 125 Å². The Balaban J connectivity index is 1.85. The van der Waals surface area contributed by atoms with Crippen molar-refractivity contribution < 1.29 is 0 Å². The number of benzene rings is 1. The normalized spacial score (nSPS) is 18.9. The summed E-state index contributed by atoms with van der Waals surface area (Å²) in [4.78, 5) is 0. The van der Waals surface area contributed by atoms with Gasteiger partial charge in [0.05, 0.1) is 0 Å². The van der Waals surface area contributed by atoms with Crippen LogP contribution in [-0.2, 0) is 0 Å². The van der Waals surface area contributed by atoms with Crippen LogP contribution in [0.25, 0.3) is 0 Å². The molecule has 2 unspecified atom stereocenters. The zero-order valence-electron chi connectivity index (χ0n) is 13.7. The first-order chi connectivity index (χ1) is 9.58. The minimum atomic E-state index is 0.630. The van der Waals surface area contributed by atoms with Crippen LogP contribution in [0.15, 0.2) is 24.3 Å². The van der Waals surface area contributed by atoms with Gasteiger partial charge in [-0.1, -0.05) is 58.4 Å². The first-order valence-electron chi connectivity index (χ1n) is 8.38. The van der Waals surface area contributed by atoms with Crippen LogP contribution in [0.1, 0.15) is 69.9 Å². The second-order valence-electron chi connectivity index (χ2n) is 7.11. The van der Waals surface area contributed by atoms with Crippen LogP contribution < -0.4 is 5.32 Å². The molecule has 1 fully saturated rings. The van der Waals surface area contributed by atoms with E-state index in [0.29, 0.717) is 11.8 Å². The molecule has 1 nitrogen and oxygen atoms in total. The lowest BCUT2D eigenvalue weighted by Crippen LogP contribution is -2.27. The van der Waals surface area contributed by atoms with E-state index in [2.05, 4.69) is 57.3 Å². The molecule has 0 radical (unpaired) electrons. The lowest BCUT2D eigenvalue weighted by atomic mass is 9.79. The van der Waals surface area contributed by atoms with Crippen LogP contribution in [0.4, 0.5) is 0 Å². The predicted octanol–water partition coefficient (Wildman–Crippen LogP) is 4.94. The van der Waals surface area contributed by atoms with Gasteiger partial charge in [0.2, 0.25) is 0 Å². The van der Waals surface area contributed by atoms with Crippen molar-refractivity contribution in [1.29, 1.82) is 0 Å². The van der Waals surface area contributed by atoms with E-state index < -0.39 is 0 Å². The van der Waals surface area contributed by atoms with Crippen molar-refractivity contribution in [3.63, 3.8) is 0 Å². The molecule has 1 saturated carbocycles. The number of hydrogen-bond donors (Lipinski definition) is 1. The Morgan fingerprint density at radius 1 is 1.00 bits per heavy atom. The molecule has 0 spiro atoms. The third kappa shape index (κ3) is 4.09.